The highest BCUT2D eigenvalue weighted by Gasteiger charge is 2.05. The molecule has 0 unspecified atom stereocenters. The molecule has 23 heavy (non-hydrogen) atoms. The van der Waals surface area contributed by atoms with Crippen molar-refractivity contribution in [3.8, 4) is 11.5 Å². The minimum atomic E-state index is -0.537. The van der Waals surface area contributed by atoms with E-state index in [1.165, 1.54) is 26.0 Å². The molecule has 0 fully saturated rings. The number of aromatic hydroxyl groups is 1. The van der Waals surface area contributed by atoms with Gasteiger partial charge in [-0.2, -0.15) is 0 Å². The van der Waals surface area contributed by atoms with Crippen molar-refractivity contribution in [1.29, 1.82) is 0 Å². The minimum absolute atomic E-state index is 0.00958. The average molecular weight is 320 g/mol. The molecule has 4 heteroatoms. The molecule has 0 heterocycles. The van der Waals surface area contributed by atoms with E-state index in [4.69, 9.17) is 4.74 Å². The maximum atomic E-state index is 11.8. The van der Waals surface area contributed by atoms with Gasteiger partial charge in [-0.15, -0.1) is 0 Å². The third-order valence-electron chi connectivity index (χ3n) is 3.76. The summed E-state index contributed by atoms with van der Waals surface area (Å²) in [6.45, 7) is 2.15. The molecule has 0 aliphatic heterocycles. The van der Waals surface area contributed by atoms with Crippen LogP contribution in [-0.2, 0) is 11.2 Å². The lowest BCUT2D eigenvalue weighted by molar-refractivity contribution is -0.114. The number of hydrogen-bond acceptors (Lipinski definition) is 4. The lowest BCUT2D eigenvalue weighted by Crippen LogP contribution is -2.04. The average Bonchev–Trinajstić information content (AvgIpc) is 2.56. The molecular weight excluding hydrogens is 292 g/mol. The van der Waals surface area contributed by atoms with Crippen LogP contribution in [0, 0.1) is 0 Å². The second-order valence-corrected chi connectivity index (χ2v) is 5.75. The van der Waals surface area contributed by atoms with Gasteiger partial charge in [0.25, 0.3) is 0 Å². The van der Waals surface area contributed by atoms with Crippen LogP contribution in [0.2, 0.25) is 0 Å². The van der Waals surface area contributed by atoms with Crippen molar-refractivity contribution in [2.45, 2.75) is 58.0 Å². The molecule has 0 radical (unpaired) electrons. The highest BCUT2D eigenvalue weighted by atomic mass is 16.5. The largest absolute Gasteiger partial charge is 0.504 e. The lowest BCUT2D eigenvalue weighted by Gasteiger charge is -2.06. The molecule has 1 rings (SSSR count). The highest BCUT2D eigenvalue weighted by Crippen LogP contribution is 2.26. The molecular formula is C19H28O4. The van der Waals surface area contributed by atoms with Crippen molar-refractivity contribution >= 4 is 5.78 Å². The molecule has 1 aromatic carbocycles. The van der Waals surface area contributed by atoms with Crippen molar-refractivity contribution in [3.63, 3.8) is 0 Å². The maximum Gasteiger partial charge on any atom is 0.160 e. The number of ether oxygens (including phenoxy) is 1. The summed E-state index contributed by atoms with van der Waals surface area (Å²) >= 11 is 0. The summed E-state index contributed by atoms with van der Waals surface area (Å²) in [6, 6.07) is 5.07. The summed E-state index contributed by atoms with van der Waals surface area (Å²) in [4.78, 5) is 11.8. The Morgan fingerprint density at radius 1 is 1.30 bits per heavy atom. The van der Waals surface area contributed by atoms with Crippen LogP contribution in [0.15, 0.2) is 30.4 Å². The number of rotatable bonds is 11. The number of carbonyl (C=O) groups is 1. The number of phenolic OH excluding ortho intramolecular Hbond substituents is 1. The summed E-state index contributed by atoms with van der Waals surface area (Å²) in [5, 5.41) is 19.3. The van der Waals surface area contributed by atoms with Gasteiger partial charge in [-0.05, 0) is 36.6 Å². The van der Waals surface area contributed by atoms with Gasteiger partial charge >= 0.3 is 0 Å². The Labute approximate surface area is 138 Å². The van der Waals surface area contributed by atoms with Crippen LogP contribution in [0.5, 0.6) is 11.5 Å². The maximum absolute atomic E-state index is 11.8. The topological polar surface area (TPSA) is 66.8 Å². The van der Waals surface area contributed by atoms with Crippen molar-refractivity contribution in [1.82, 2.24) is 0 Å². The number of methoxy groups -OCH3 is 1. The fourth-order valence-electron chi connectivity index (χ4n) is 2.32. The summed E-state index contributed by atoms with van der Waals surface area (Å²) in [5.74, 6) is 0.492. The van der Waals surface area contributed by atoms with Gasteiger partial charge in [0, 0.05) is 6.42 Å². The van der Waals surface area contributed by atoms with Crippen LogP contribution in [-0.4, -0.2) is 29.2 Å². The first-order valence-corrected chi connectivity index (χ1v) is 8.31. The first-order valence-electron chi connectivity index (χ1n) is 8.31. The van der Waals surface area contributed by atoms with E-state index >= 15 is 0 Å². The Balaban J connectivity index is 2.34. The van der Waals surface area contributed by atoms with E-state index < -0.39 is 6.10 Å². The third-order valence-corrected chi connectivity index (χ3v) is 3.76. The van der Waals surface area contributed by atoms with Crippen LogP contribution in [0.1, 0.15) is 51.0 Å². The van der Waals surface area contributed by atoms with Crippen molar-refractivity contribution < 1.29 is 19.7 Å². The zero-order valence-corrected chi connectivity index (χ0v) is 14.1. The van der Waals surface area contributed by atoms with Crippen molar-refractivity contribution in [3.05, 3.63) is 35.9 Å². The predicted molar refractivity (Wildman–Crippen MR) is 91.9 cm³/mol. The van der Waals surface area contributed by atoms with Gasteiger partial charge in [0.05, 0.1) is 13.2 Å². The summed E-state index contributed by atoms with van der Waals surface area (Å²) in [6.07, 6.45) is 8.65. The first-order chi connectivity index (χ1) is 11.1. The van der Waals surface area contributed by atoms with Gasteiger partial charge in [0.2, 0.25) is 0 Å². The quantitative estimate of drug-likeness (QED) is 0.481. The molecule has 0 saturated carbocycles. The Hall–Kier alpha value is -1.81. The Morgan fingerprint density at radius 2 is 2.09 bits per heavy atom. The molecule has 0 aliphatic carbocycles. The van der Waals surface area contributed by atoms with E-state index in [1.54, 1.807) is 24.3 Å². The normalized spacial score (nSPS) is 12.5. The second-order valence-electron chi connectivity index (χ2n) is 5.75. The number of aliphatic hydroxyl groups is 1. The van der Waals surface area contributed by atoms with Gasteiger partial charge < -0.3 is 14.9 Å². The Kier molecular flexibility index (Phi) is 9.07. The molecule has 1 aromatic rings. The summed E-state index contributed by atoms with van der Waals surface area (Å²) in [7, 11) is 1.49. The number of aliphatic hydroxyl groups excluding tert-OH is 1. The summed E-state index contributed by atoms with van der Waals surface area (Å²) in [5.41, 5.74) is 0.932. The zero-order valence-electron chi connectivity index (χ0n) is 14.1. The van der Waals surface area contributed by atoms with Crippen LogP contribution >= 0.6 is 0 Å². The number of unbranched alkanes of at least 4 members (excludes halogenated alkanes) is 3. The molecule has 4 nitrogen and oxygen atoms in total. The number of aryl methyl sites for hydroxylation is 1. The standard InChI is InChI=1S/C19H28O4/c1-3-4-5-6-7-16(20)11-12-17(21)10-8-15-9-13-18(22)19(14-15)23-2/h9,11-14,16,20,22H,3-8,10H2,1-2H3/t16-/m1/s1. The lowest BCUT2D eigenvalue weighted by atomic mass is 10.1. The fourth-order valence-corrected chi connectivity index (χ4v) is 2.32. The molecule has 2 N–H and O–H groups in total. The number of ketones is 1. The predicted octanol–water partition coefficient (Wildman–Crippen LogP) is 3.79. The molecule has 0 aromatic heterocycles. The van der Waals surface area contributed by atoms with E-state index in [2.05, 4.69) is 6.92 Å². The highest BCUT2D eigenvalue weighted by molar-refractivity contribution is 5.89. The smallest absolute Gasteiger partial charge is 0.160 e. The van der Waals surface area contributed by atoms with Crippen molar-refractivity contribution in [2.75, 3.05) is 7.11 Å². The monoisotopic (exact) mass is 320 g/mol. The first kappa shape index (κ1) is 19.2. The minimum Gasteiger partial charge on any atom is -0.504 e. The van der Waals surface area contributed by atoms with Gasteiger partial charge in [-0.1, -0.05) is 44.7 Å². The molecule has 0 bridgehead atoms. The second kappa shape index (κ2) is 10.8. The van der Waals surface area contributed by atoms with Crippen LogP contribution in [0.3, 0.4) is 0 Å². The van der Waals surface area contributed by atoms with Crippen LogP contribution in [0.25, 0.3) is 0 Å². The van der Waals surface area contributed by atoms with Crippen molar-refractivity contribution in [2.24, 2.45) is 0 Å². The van der Waals surface area contributed by atoms with Gasteiger partial charge in [0.1, 0.15) is 0 Å². The molecule has 0 aliphatic rings. The molecule has 1 atom stereocenters. The third kappa shape index (κ3) is 7.84. The Morgan fingerprint density at radius 3 is 2.78 bits per heavy atom. The van der Waals surface area contributed by atoms with E-state index in [0.717, 1.165) is 18.4 Å². The van der Waals surface area contributed by atoms with Gasteiger partial charge in [0.15, 0.2) is 17.3 Å². The molecule has 0 spiro atoms. The van der Waals surface area contributed by atoms with E-state index in [-0.39, 0.29) is 11.5 Å². The van der Waals surface area contributed by atoms with E-state index in [1.807, 2.05) is 0 Å². The number of carbonyl (C=O) groups excluding carboxylic acids is 1. The van der Waals surface area contributed by atoms with E-state index in [0.29, 0.717) is 25.0 Å². The SMILES string of the molecule is CCCCCC[C@@H](O)C=CC(=O)CCc1ccc(O)c(OC)c1. The molecule has 0 amide bonds. The summed E-state index contributed by atoms with van der Waals surface area (Å²) < 4.78 is 5.04. The molecule has 0 saturated heterocycles. The Bertz CT molecular complexity index is 508. The molecule has 128 valence electrons. The van der Waals surface area contributed by atoms with Gasteiger partial charge in [-0.25, -0.2) is 0 Å². The number of allylic oxidation sites excluding steroid dienone is 1. The van der Waals surface area contributed by atoms with Gasteiger partial charge in [-0.3, -0.25) is 4.79 Å². The number of hydrogen-bond donors (Lipinski definition) is 2. The van der Waals surface area contributed by atoms with Crippen LogP contribution in [0.4, 0.5) is 0 Å². The van der Waals surface area contributed by atoms with E-state index in [9.17, 15) is 15.0 Å². The number of phenols is 1. The zero-order chi connectivity index (χ0) is 17.1. The number of benzene rings is 1. The fraction of sp³-hybridized carbons (Fsp3) is 0.526. The van der Waals surface area contributed by atoms with Crippen LogP contribution < -0.4 is 4.74 Å².